The van der Waals surface area contributed by atoms with E-state index in [2.05, 4.69) is 5.32 Å². The Kier molecular flexibility index (Phi) is 5.05. The molecule has 0 spiro atoms. The average Bonchev–Trinajstić information content (AvgIpc) is 2.84. The molecule has 0 bridgehead atoms. The minimum atomic E-state index is -1.07. The molecule has 0 saturated carbocycles. The Bertz CT molecular complexity index is 536. The Morgan fingerprint density at radius 2 is 2.00 bits per heavy atom. The summed E-state index contributed by atoms with van der Waals surface area (Å²) >= 11 is 1.18. The van der Waals surface area contributed by atoms with Crippen LogP contribution in [-0.4, -0.2) is 23.1 Å². The number of nitrogens with one attached hydrogen (secondary N) is 1. The highest BCUT2D eigenvalue weighted by Crippen LogP contribution is 2.23. The number of rotatable bonds is 6. The van der Waals surface area contributed by atoms with Gasteiger partial charge >= 0.3 is 0 Å². The van der Waals surface area contributed by atoms with Crippen LogP contribution in [0, 0.1) is 5.92 Å². The lowest BCUT2D eigenvalue weighted by atomic mass is 9.83. The smallest absolute Gasteiger partial charge is 0.262 e. The lowest BCUT2D eigenvalue weighted by molar-refractivity contribution is -0.126. The Morgan fingerprint density at radius 1 is 1.40 bits per heavy atom. The molecule has 2 amide bonds. The molecule has 110 valence electrons. The summed E-state index contributed by atoms with van der Waals surface area (Å²) in [4.78, 5) is 35.6. The number of ketones is 1. The van der Waals surface area contributed by atoms with Crippen molar-refractivity contribution in [1.82, 2.24) is 5.32 Å². The van der Waals surface area contributed by atoms with E-state index in [9.17, 15) is 14.4 Å². The largest absolute Gasteiger partial charge is 0.368 e. The molecular formula is C14H20N2O3S. The zero-order chi connectivity index (χ0) is 15.5. The first-order valence-electron chi connectivity index (χ1n) is 6.46. The first-order chi connectivity index (χ1) is 9.24. The molecule has 3 N–H and O–H groups in total. The van der Waals surface area contributed by atoms with Crippen LogP contribution in [0.2, 0.25) is 0 Å². The molecule has 1 atom stereocenters. The summed E-state index contributed by atoms with van der Waals surface area (Å²) in [7, 11) is 0. The molecule has 1 aromatic rings. The number of primary amides is 1. The van der Waals surface area contributed by atoms with E-state index in [-0.39, 0.29) is 17.6 Å². The number of hydrogen-bond acceptors (Lipinski definition) is 4. The van der Waals surface area contributed by atoms with E-state index in [0.717, 1.165) is 0 Å². The van der Waals surface area contributed by atoms with Gasteiger partial charge in [0.05, 0.1) is 4.88 Å². The van der Waals surface area contributed by atoms with Crippen LogP contribution in [0.5, 0.6) is 0 Å². The number of hydrogen-bond donors (Lipinski definition) is 2. The van der Waals surface area contributed by atoms with Crippen LogP contribution in [0.3, 0.4) is 0 Å². The molecule has 5 nitrogen and oxygen atoms in total. The van der Waals surface area contributed by atoms with Crippen molar-refractivity contribution >= 4 is 28.9 Å². The zero-order valence-corrected chi connectivity index (χ0v) is 13.0. The fourth-order valence-electron chi connectivity index (χ4n) is 2.07. The Balaban J connectivity index is 3.02. The highest BCUT2D eigenvalue weighted by atomic mass is 32.1. The SMILES string of the molecule is CC[C@](NC(=O)c1cc(C(C)=O)cs1)(C(N)=O)C(C)C. The van der Waals surface area contributed by atoms with Crippen molar-refractivity contribution in [2.45, 2.75) is 39.7 Å². The molecule has 0 radical (unpaired) electrons. The van der Waals surface area contributed by atoms with Crippen molar-refractivity contribution in [3.8, 4) is 0 Å². The van der Waals surface area contributed by atoms with E-state index in [1.54, 1.807) is 12.3 Å². The topological polar surface area (TPSA) is 89.3 Å². The number of carbonyl (C=O) groups excluding carboxylic acids is 3. The van der Waals surface area contributed by atoms with Crippen molar-refractivity contribution < 1.29 is 14.4 Å². The van der Waals surface area contributed by atoms with E-state index < -0.39 is 11.4 Å². The fourth-order valence-corrected chi connectivity index (χ4v) is 2.91. The standard InChI is InChI=1S/C14H20N2O3S/c1-5-14(8(2)3,13(15)19)16-12(18)11-6-10(7-20-11)9(4)17/h6-8H,5H2,1-4H3,(H2,15,19)(H,16,18)/t14-/m1/s1. The van der Waals surface area contributed by atoms with Gasteiger partial charge in [-0.3, -0.25) is 14.4 Å². The van der Waals surface area contributed by atoms with Gasteiger partial charge in [0, 0.05) is 10.9 Å². The maximum Gasteiger partial charge on any atom is 0.262 e. The molecule has 0 unspecified atom stereocenters. The van der Waals surface area contributed by atoms with E-state index in [4.69, 9.17) is 5.73 Å². The van der Waals surface area contributed by atoms with Gasteiger partial charge in [-0.15, -0.1) is 11.3 Å². The van der Waals surface area contributed by atoms with Crippen molar-refractivity contribution in [3.63, 3.8) is 0 Å². The van der Waals surface area contributed by atoms with E-state index in [1.807, 2.05) is 13.8 Å². The van der Waals surface area contributed by atoms with Crippen LogP contribution < -0.4 is 11.1 Å². The lowest BCUT2D eigenvalue weighted by Crippen LogP contribution is -2.60. The van der Waals surface area contributed by atoms with Crippen molar-refractivity contribution in [1.29, 1.82) is 0 Å². The maximum absolute atomic E-state index is 12.2. The Hall–Kier alpha value is -1.69. The van der Waals surface area contributed by atoms with Gasteiger partial charge < -0.3 is 11.1 Å². The second-order valence-electron chi connectivity index (χ2n) is 5.05. The minimum absolute atomic E-state index is 0.0965. The van der Waals surface area contributed by atoms with Gasteiger partial charge in [0.1, 0.15) is 5.54 Å². The fraction of sp³-hybridized carbons (Fsp3) is 0.500. The quantitative estimate of drug-likeness (QED) is 0.786. The van der Waals surface area contributed by atoms with E-state index >= 15 is 0 Å². The summed E-state index contributed by atoms with van der Waals surface area (Å²) in [5.41, 5.74) is 4.88. The highest BCUT2D eigenvalue weighted by molar-refractivity contribution is 7.12. The molecule has 0 fully saturated rings. The third kappa shape index (κ3) is 3.07. The second kappa shape index (κ2) is 6.17. The van der Waals surface area contributed by atoms with Crippen LogP contribution in [0.1, 0.15) is 54.1 Å². The predicted molar refractivity (Wildman–Crippen MR) is 78.8 cm³/mol. The first-order valence-corrected chi connectivity index (χ1v) is 7.34. The molecule has 1 rings (SSSR count). The molecular weight excluding hydrogens is 276 g/mol. The summed E-state index contributed by atoms with van der Waals surface area (Å²) < 4.78 is 0. The van der Waals surface area contributed by atoms with Gasteiger partial charge in [0.25, 0.3) is 5.91 Å². The summed E-state index contributed by atoms with van der Waals surface area (Å²) in [6.45, 7) is 6.92. The van der Waals surface area contributed by atoms with Gasteiger partial charge in [-0.05, 0) is 25.3 Å². The van der Waals surface area contributed by atoms with Crippen molar-refractivity contribution in [2.24, 2.45) is 11.7 Å². The van der Waals surface area contributed by atoms with E-state index in [1.165, 1.54) is 24.3 Å². The van der Waals surface area contributed by atoms with Crippen LogP contribution in [0.4, 0.5) is 0 Å². The van der Waals surface area contributed by atoms with Gasteiger partial charge in [-0.25, -0.2) is 0 Å². The molecule has 0 saturated heterocycles. The molecule has 0 aromatic carbocycles. The molecule has 1 aromatic heterocycles. The van der Waals surface area contributed by atoms with E-state index in [0.29, 0.717) is 16.9 Å². The first kappa shape index (κ1) is 16.4. The van der Waals surface area contributed by atoms with Crippen LogP contribution in [0.15, 0.2) is 11.4 Å². The predicted octanol–water partition coefficient (Wildman–Crippen LogP) is 1.97. The number of carbonyl (C=O) groups is 3. The lowest BCUT2D eigenvalue weighted by Gasteiger charge is -2.34. The Morgan fingerprint density at radius 3 is 2.35 bits per heavy atom. The molecule has 20 heavy (non-hydrogen) atoms. The number of thiophene rings is 1. The number of Topliss-reactive ketones (excluding diaryl/α,β-unsaturated/α-hetero) is 1. The Labute approximate surface area is 122 Å². The monoisotopic (exact) mass is 296 g/mol. The van der Waals surface area contributed by atoms with Gasteiger partial charge in [-0.1, -0.05) is 20.8 Å². The molecule has 0 aliphatic rings. The van der Waals surface area contributed by atoms with Crippen LogP contribution in [-0.2, 0) is 4.79 Å². The van der Waals surface area contributed by atoms with Crippen LogP contribution >= 0.6 is 11.3 Å². The van der Waals surface area contributed by atoms with Gasteiger partial charge in [-0.2, -0.15) is 0 Å². The third-order valence-electron chi connectivity index (χ3n) is 3.55. The second-order valence-corrected chi connectivity index (χ2v) is 5.97. The summed E-state index contributed by atoms with van der Waals surface area (Å²) in [6.07, 6.45) is 0.413. The third-order valence-corrected chi connectivity index (χ3v) is 4.48. The molecule has 6 heteroatoms. The number of nitrogens with two attached hydrogens (primary N) is 1. The molecule has 1 heterocycles. The summed E-state index contributed by atoms with van der Waals surface area (Å²) in [5, 5.41) is 4.36. The minimum Gasteiger partial charge on any atom is -0.368 e. The highest BCUT2D eigenvalue weighted by Gasteiger charge is 2.40. The van der Waals surface area contributed by atoms with Gasteiger partial charge in [0.15, 0.2) is 5.78 Å². The molecule has 0 aliphatic heterocycles. The average molecular weight is 296 g/mol. The summed E-state index contributed by atoms with van der Waals surface area (Å²) in [6, 6.07) is 1.53. The van der Waals surface area contributed by atoms with Crippen molar-refractivity contribution in [3.05, 3.63) is 21.9 Å². The van der Waals surface area contributed by atoms with Gasteiger partial charge in [0.2, 0.25) is 5.91 Å². The van der Waals surface area contributed by atoms with Crippen molar-refractivity contribution in [2.75, 3.05) is 0 Å². The number of amides is 2. The zero-order valence-electron chi connectivity index (χ0n) is 12.1. The molecule has 0 aliphatic carbocycles. The maximum atomic E-state index is 12.2. The normalized spacial score (nSPS) is 13.8. The summed E-state index contributed by atoms with van der Waals surface area (Å²) in [5.74, 6) is -1.15. The van der Waals surface area contributed by atoms with Crippen LogP contribution in [0.25, 0.3) is 0 Å².